The summed E-state index contributed by atoms with van der Waals surface area (Å²) in [6.07, 6.45) is 2.18. The van der Waals surface area contributed by atoms with Gasteiger partial charge in [-0.3, -0.25) is 0 Å². The third-order valence-electron chi connectivity index (χ3n) is 0.896. The molecule has 0 bridgehead atoms. The first-order valence-electron chi connectivity index (χ1n) is 2.70. The summed E-state index contributed by atoms with van der Waals surface area (Å²) in [6, 6.07) is 0. The summed E-state index contributed by atoms with van der Waals surface area (Å²) in [6.45, 7) is 3.74. The van der Waals surface area contributed by atoms with Crippen molar-refractivity contribution >= 4 is 47.8 Å². The van der Waals surface area contributed by atoms with Gasteiger partial charge in [0, 0.05) is 10.2 Å². The molecule has 0 amide bonds. The molecule has 0 aromatic rings. The average Bonchev–Trinajstić information content (AvgIpc) is 1.83. The molecule has 0 rings (SSSR count). The lowest BCUT2D eigenvalue weighted by Gasteiger charge is -2.02. The molecule has 0 aliphatic carbocycles. The van der Waals surface area contributed by atoms with E-state index in [1.165, 1.54) is 0 Å². The second-order valence-electron chi connectivity index (χ2n) is 1.81. The van der Waals surface area contributed by atoms with Crippen molar-refractivity contribution in [1.29, 1.82) is 0 Å². The minimum Gasteiger partial charge on any atom is -0.0916 e. The van der Waals surface area contributed by atoms with Crippen LogP contribution in [0.2, 0.25) is 0 Å². The lowest BCUT2D eigenvalue weighted by molar-refractivity contribution is 0.851. The zero-order valence-corrected chi connectivity index (χ0v) is 9.80. The quantitative estimate of drug-likeness (QED) is 0.691. The van der Waals surface area contributed by atoms with Crippen molar-refractivity contribution in [3.05, 3.63) is 11.1 Å². The van der Waals surface area contributed by atoms with Crippen LogP contribution in [0.4, 0.5) is 0 Å². The normalized spacial score (nSPS) is 13.2. The van der Waals surface area contributed by atoms with Crippen molar-refractivity contribution in [2.75, 3.05) is 5.33 Å². The highest BCUT2D eigenvalue weighted by atomic mass is 79.9. The van der Waals surface area contributed by atoms with Crippen LogP contribution in [-0.4, -0.2) is 10.2 Å². The molecule has 0 nitrogen and oxygen atoms in total. The van der Waals surface area contributed by atoms with E-state index in [4.69, 9.17) is 0 Å². The van der Waals surface area contributed by atoms with Crippen molar-refractivity contribution in [1.82, 2.24) is 0 Å². The summed E-state index contributed by atoms with van der Waals surface area (Å²) < 4.78 is 1.08. The summed E-state index contributed by atoms with van der Waals surface area (Å²) in [5.74, 6) is 0. The van der Waals surface area contributed by atoms with Crippen molar-refractivity contribution in [2.45, 2.75) is 17.7 Å². The lowest BCUT2D eigenvalue weighted by Crippen LogP contribution is -1.97. The topological polar surface area (TPSA) is 0 Å². The number of hydrogen-bond donors (Lipinski definition) is 0. The van der Waals surface area contributed by atoms with E-state index in [0.29, 0.717) is 4.83 Å². The van der Waals surface area contributed by atoms with E-state index in [9.17, 15) is 0 Å². The number of alkyl halides is 2. The Kier molecular flexibility index (Phi) is 6.70. The second kappa shape index (κ2) is 5.93. The van der Waals surface area contributed by atoms with Crippen LogP contribution in [0.25, 0.3) is 0 Å². The second-order valence-corrected chi connectivity index (χ2v) is 4.87. The standard InChI is InChI=1S/C6H9Br3/c1-5(8)2-3-6(9)4-7/h6H,1-4H2. The maximum Gasteiger partial charge on any atom is 0.0246 e. The molecule has 1 atom stereocenters. The molecule has 0 saturated carbocycles. The minimum atomic E-state index is 0.576. The summed E-state index contributed by atoms with van der Waals surface area (Å²) in [5.41, 5.74) is 0. The molecule has 0 N–H and O–H groups in total. The first kappa shape index (κ1) is 10.2. The Hall–Kier alpha value is 1.18. The molecule has 0 saturated heterocycles. The van der Waals surface area contributed by atoms with Crippen LogP contribution in [0.5, 0.6) is 0 Å². The smallest absolute Gasteiger partial charge is 0.0246 e. The molecule has 0 aliphatic heterocycles. The van der Waals surface area contributed by atoms with Gasteiger partial charge in [0.1, 0.15) is 0 Å². The highest BCUT2D eigenvalue weighted by molar-refractivity contribution is 9.12. The van der Waals surface area contributed by atoms with Crippen LogP contribution in [0.3, 0.4) is 0 Å². The van der Waals surface area contributed by atoms with E-state index in [1.807, 2.05) is 0 Å². The van der Waals surface area contributed by atoms with Crippen LogP contribution >= 0.6 is 47.8 Å². The molecule has 0 aromatic heterocycles. The Morgan fingerprint density at radius 3 is 2.44 bits per heavy atom. The molecule has 9 heavy (non-hydrogen) atoms. The van der Waals surface area contributed by atoms with Gasteiger partial charge in [0.2, 0.25) is 0 Å². The van der Waals surface area contributed by atoms with Gasteiger partial charge in [0.15, 0.2) is 0 Å². The van der Waals surface area contributed by atoms with E-state index >= 15 is 0 Å². The molecule has 0 spiro atoms. The van der Waals surface area contributed by atoms with E-state index < -0.39 is 0 Å². The summed E-state index contributed by atoms with van der Waals surface area (Å²) in [4.78, 5) is 0.576. The average molecular weight is 321 g/mol. The number of rotatable bonds is 4. The predicted octanol–water partition coefficient (Wildman–Crippen LogP) is 3.83. The van der Waals surface area contributed by atoms with Crippen LogP contribution in [0.1, 0.15) is 12.8 Å². The first-order chi connectivity index (χ1) is 4.16. The summed E-state index contributed by atoms with van der Waals surface area (Å²) in [5, 5.41) is 1.01. The van der Waals surface area contributed by atoms with Crippen LogP contribution < -0.4 is 0 Å². The molecule has 0 aliphatic rings. The van der Waals surface area contributed by atoms with Gasteiger partial charge in [-0.1, -0.05) is 54.4 Å². The molecular formula is C6H9Br3. The fourth-order valence-corrected chi connectivity index (χ4v) is 1.17. The van der Waals surface area contributed by atoms with Crippen LogP contribution in [-0.2, 0) is 0 Å². The number of halogens is 3. The third-order valence-corrected chi connectivity index (χ3v) is 3.72. The van der Waals surface area contributed by atoms with Crippen LogP contribution in [0.15, 0.2) is 11.1 Å². The minimum absolute atomic E-state index is 0.576. The zero-order valence-electron chi connectivity index (χ0n) is 5.04. The predicted molar refractivity (Wildman–Crippen MR) is 53.8 cm³/mol. The summed E-state index contributed by atoms with van der Waals surface area (Å²) >= 11 is 10.2. The van der Waals surface area contributed by atoms with Gasteiger partial charge in [0.25, 0.3) is 0 Å². The lowest BCUT2D eigenvalue weighted by atomic mass is 10.2. The van der Waals surface area contributed by atoms with Crippen LogP contribution in [0, 0.1) is 0 Å². The molecule has 54 valence electrons. The zero-order chi connectivity index (χ0) is 7.28. The molecule has 1 unspecified atom stereocenters. The maximum atomic E-state index is 3.74. The Labute approximate surface area is 81.5 Å². The van der Waals surface area contributed by atoms with Gasteiger partial charge in [-0.2, -0.15) is 0 Å². The highest BCUT2D eigenvalue weighted by Crippen LogP contribution is 2.16. The maximum absolute atomic E-state index is 3.74. The van der Waals surface area contributed by atoms with Gasteiger partial charge < -0.3 is 0 Å². The molecule has 0 radical (unpaired) electrons. The number of allylic oxidation sites excluding steroid dienone is 1. The van der Waals surface area contributed by atoms with Gasteiger partial charge in [-0.25, -0.2) is 0 Å². The van der Waals surface area contributed by atoms with Gasteiger partial charge in [-0.05, 0) is 17.3 Å². The van der Waals surface area contributed by atoms with Gasteiger partial charge in [0.05, 0.1) is 0 Å². The van der Waals surface area contributed by atoms with Crippen molar-refractivity contribution < 1.29 is 0 Å². The van der Waals surface area contributed by atoms with Gasteiger partial charge in [-0.15, -0.1) is 0 Å². The SMILES string of the molecule is C=C(Br)CCC(Br)CBr. The molecule has 0 fully saturated rings. The fourth-order valence-electron chi connectivity index (χ4n) is 0.390. The Morgan fingerprint density at radius 2 is 2.11 bits per heavy atom. The Bertz CT molecular complexity index is 90.3. The monoisotopic (exact) mass is 318 g/mol. The third kappa shape index (κ3) is 7.07. The van der Waals surface area contributed by atoms with Gasteiger partial charge >= 0.3 is 0 Å². The Morgan fingerprint density at radius 1 is 1.56 bits per heavy atom. The molecular weight excluding hydrogens is 312 g/mol. The van der Waals surface area contributed by atoms with E-state index in [-0.39, 0.29) is 0 Å². The number of hydrogen-bond acceptors (Lipinski definition) is 0. The van der Waals surface area contributed by atoms with E-state index in [2.05, 4.69) is 54.4 Å². The summed E-state index contributed by atoms with van der Waals surface area (Å²) in [7, 11) is 0. The molecule has 0 aromatic carbocycles. The first-order valence-corrected chi connectivity index (χ1v) is 5.53. The molecule has 3 heteroatoms. The van der Waals surface area contributed by atoms with Crippen molar-refractivity contribution in [2.24, 2.45) is 0 Å². The van der Waals surface area contributed by atoms with E-state index in [1.54, 1.807) is 0 Å². The van der Waals surface area contributed by atoms with E-state index in [0.717, 1.165) is 22.7 Å². The van der Waals surface area contributed by atoms with Crippen molar-refractivity contribution in [3.8, 4) is 0 Å². The Balaban J connectivity index is 3.16. The fraction of sp³-hybridized carbons (Fsp3) is 0.667. The largest absolute Gasteiger partial charge is 0.0916 e. The van der Waals surface area contributed by atoms with Crippen molar-refractivity contribution in [3.63, 3.8) is 0 Å². The molecule has 0 heterocycles. The highest BCUT2D eigenvalue weighted by Gasteiger charge is 2.00.